The number of amides is 1. The Kier molecular flexibility index (Phi) is 6.03. The number of alkyl carbamates (subject to hydrolysis) is 1. The van der Waals surface area contributed by atoms with E-state index in [2.05, 4.69) is 14.8 Å². The first-order chi connectivity index (χ1) is 6.52. The third-order valence-electron chi connectivity index (χ3n) is 1.58. The number of ether oxygens (including phenoxy) is 2. The lowest BCUT2D eigenvalue weighted by Crippen LogP contribution is -2.45. The van der Waals surface area contributed by atoms with E-state index in [1.807, 2.05) is 0 Å². The maximum Gasteiger partial charge on any atom is 0.407 e. The smallest absolute Gasteiger partial charge is 0.407 e. The second kappa shape index (κ2) is 6.48. The average molecular weight is 224 g/mol. The second-order valence-corrected chi connectivity index (χ2v) is 3.15. The highest BCUT2D eigenvalue weighted by molar-refractivity contribution is 6.17. The maximum atomic E-state index is 11.3. The summed E-state index contributed by atoms with van der Waals surface area (Å²) in [5.41, 5.74) is 0. The van der Waals surface area contributed by atoms with Gasteiger partial charge in [0.15, 0.2) is 6.07 Å². The van der Waals surface area contributed by atoms with Gasteiger partial charge in [0.2, 0.25) is 0 Å². The first-order valence-electron chi connectivity index (χ1n) is 4.10. The highest BCUT2D eigenvalue weighted by atomic mass is 35.5. The van der Waals surface area contributed by atoms with Gasteiger partial charge in [-0.05, 0) is 5.92 Å². The zero-order valence-electron chi connectivity index (χ0n) is 8.37. The third kappa shape index (κ3) is 4.32. The molecular weight excluding hydrogens is 210 g/mol. The monoisotopic (exact) mass is 223 g/mol. The molecule has 1 unspecified atom stereocenters. The molecule has 0 aromatic carbocycles. The molecule has 5 nitrogen and oxygen atoms in total. The van der Waals surface area contributed by atoms with E-state index >= 15 is 0 Å². The molecule has 0 fully saturated rings. The molecule has 0 aliphatic carbocycles. The Hall–Kier alpha value is -0.970. The van der Waals surface area contributed by atoms with Crippen LogP contribution in [0.25, 0.3) is 0 Å². The van der Waals surface area contributed by atoms with E-state index in [0.29, 0.717) is 0 Å². The summed E-state index contributed by atoms with van der Waals surface area (Å²) in [7, 11) is 1.22. The van der Waals surface area contributed by atoms with Crippen molar-refractivity contribution in [1.82, 2.24) is 5.32 Å². The van der Waals surface area contributed by atoms with Crippen molar-refractivity contribution in [1.29, 1.82) is 0 Å². The normalized spacial score (nSPS) is 12.1. The van der Waals surface area contributed by atoms with Crippen LogP contribution in [-0.2, 0) is 14.3 Å². The van der Waals surface area contributed by atoms with Gasteiger partial charge in [-0.25, -0.2) is 9.59 Å². The Morgan fingerprint density at radius 1 is 1.43 bits per heavy atom. The number of carbonyl (C=O) groups is 2. The Balaban J connectivity index is 4.29. The number of hydrogen-bond donors (Lipinski definition) is 1. The molecule has 6 heteroatoms. The minimum absolute atomic E-state index is 0.0928. The molecule has 0 saturated heterocycles. The molecule has 14 heavy (non-hydrogen) atoms. The molecule has 1 N–H and O–H groups in total. The number of hydrogen-bond acceptors (Lipinski definition) is 4. The predicted molar refractivity (Wildman–Crippen MR) is 51.0 cm³/mol. The molecule has 0 rings (SSSR count). The molecule has 1 amide bonds. The van der Waals surface area contributed by atoms with Gasteiger partial charge in [0, 0.05) is 0 Å². The zero-order chi connectivity index (χ0) is 11.1. The van der Waals surface area contributed by atoms with E-state index in [1.165, 1.54) is 7.11 Å². The van der Waals surface area contributed by atoms with E-state index in [0.717, 1.165) is 0 Å². The van der Waals surface area contributed by atoms with Crippen LogP contribution < -0.4 is 5.32 Å². The van der Waals surface area contributed by atoms with Crippen LogP contribution in [-0.4, -0.2) is 31.3 Å². The van der Waals surface area contributed by atoms with E-state index in [9.17, 15) is 9.59 Å². The molecule has 0 aromatic heterocycles. The maximum absolute atomic E-state index is 11.3. The Morgan fingerprint density at radius 2 is 2.00 bits per heavy atom. The number of methoxy groups -OCH3 is 1. The molecule has 0 aliphatic heterocycles. The molecular formula is C8H14ClNO4. The Bertz CT molecular complexity index is 208. The zero-order valence-corrected chi connectivity index (χ0v) is 9.13. The summed E-state index contributed by atoms with van der Waals surface area (Å²) >= 11 is 5.23. The number of esters is 1. The van der Waals surface area contributed by atoms with Crippen LogP contribution >= 0.6 is 11.6 Å². The topological polar surface area (TPSA) is 64.6 Å². The van der Waals surface area contributed by atoms with Gasteiger partial charge < -0.3 is 14.8 Å². The van der Waals surface area contributed by atoms with Gasteiger partial charge in [0.1, 0.15) is 6.04 Å². The summed E-state index contributed by atoms with van der Waals surface area (Å²) < 4.78 is 8.94. The molecule has 0 saturated carbocycles. The quantitative estimate of drug-likeness (QED) is 0.573. The summed E-state index contributed by atoms with van der Waals surface area (Å²) in [6, 6.07) is -0.966. The predicted octanol–water partition coefficient (Wildman–Crippen LogP) is 1.11. The summed E-state index contributed by atoms with van der Waals surface area (Å²) in [6.45, 7) is 3.55. The third-order valence-corrected chi connectivity index (χ3v) is 1.69. The van der Waals surface area contributed by atoms with Gasteiger partial charge in [-0.3, -0.25) is 0 Å². The number of nitrogens with one attached hydrogen (secondary N) is 1. The van der Waals surface area contributed by atoms with Crippen LogP contribution in [0.15, 0.2) is 0 Å². The second-order valence-electron chi connectivity index (χ2n) is 2.93. The molecule has 1 atom stereocenters. The van der Waals surface area contributed by atoms with Crippen LogP contribution in [0.3, 0.4) is 0 Å². The largest absolute Gasteiger partial charge is 0.453 e. The van der Waals surface area contributed by atoms with E-state index in [4.69, 9.17) is 11.6 Å². The summed E-state index contributed by atoms with van der Waals surface area (Å²) in [6.07, 6.45) is -0.671. The van der Waals surface area contributed by atoms with Gasteiger partial charge >= 0.3 is 12.1 Å². The Labute approximate surface area is 87.7 Å². The number of rotatable bonds is 4. The lowest BCUT2D eigenvalue weighted by Gasteiger charge is -2.19. The van der Waals surface area contributed by atoms with Crippen molar-refractivity contribution in [2.75, 3.05) is 13.2 Å². The average Bonchev–Trinajstić information content (AvgIpc) is 2.13. The lowest BCUT2D eigenvalue weighted by molar-refractivity contribution is -0.145. The van der Waals surface area contributed by atoms with Crippen LogP contribution in [0.5, 0.6) is 0 Å². The van der Waals surface area contributed by atoms with Crippen molar-refractivity contribution < 1.29 is 19.1 Å². The van der Waals surface area contributed by atoms with Crippen LogP contribution in [0.2, 0.25) is 0 Å². The molecule has 0 radical (unpaired) electrons. The first kappa shape index (κ1) is 13.0. The number of halogens is 1. The lowest BCUT2D eigenvalue weighted by atomic mass is 10.1. The Morgan fingerprint density at radius 3 is 2.36 bits per heavy atom. The summed E-state index contributed by atoms with van der Waals surface area (Å²) in [5.74, 6) is -0.662. The summed E-state index contributed by atoms with van der Waals surface area (Å²) in [4.78, 5) is 22.1. The van der Waals surface area contributed by atoms with Crippen molar-refractivity contribution in [3.8, 4) is 0 Å². The van der Waals surface area contributed by atoms with Gasteiger partial charge in [0.25, 0.3) is 0 Å². The summed E-state index contributed by atoms with van der Waals surface area (Å²) in [5, 5.41) is 2.36. The minimum Gasteiger partial charge on any atom is -0.453 e. The van der Waals surface area contributed by atoms with Crippen molar-refractivity contribution in [3.63, 3.8) is 0 Å². The molecule has 0 spiro atoms. The highest BCUT2D eigenvalue weighted by Gasteiger charge is 2.25. The van der Waals surface area contributed by atoms with E-state index in [1.54, 1.807) is 13.8 Å². The molecule has 0 heterocycles. The van der Waals surface area contributed by atoms with E-state index in [-0.39, 0.29) is 12.0 Å². The fraction of sp³-hybridized carbons (Fsp3) is 0.750. The fourth-order valence-electron chi connectivity index (χ4n) is 0.827. The highest BCUT2D eigenvalue weighted by Crippen LogP contribution is 2.04. The molecule has 0 aliphatic rings. The van der Waals surface area contributed by atoms with Crippen molar-refractivity contribution >= 4 is 23.7 Å². The van der Waals surface area contributed by atoms with Crippen molar-refractivity contribution in [2.24, 2.45) is 5.92 Å². The van der Waals surface area contributed by atoms with Crippen molar-refractivity contribution in [3.05, 3.63) is 0 Å². The first-order valence-corrected chi connectivity index (χ1v) is 4.63. The van der Waals surface area contributed by atoms with E-state index < -0.39 is 18.1 Å². The molecule has 82 valence electrons. The molecule has 0 bridgehead atoms. The molecule has 0 aromatic rings. The van der Waals surface area contributed by atoms with Crippen LogP contribution in [0.4, 0.5) is 4.79 Å². The number of carbonyl (C=O) groups excluding carboxylic acids is 2. The van der Waals surface area contributed by atoms with Crippen molar-refractivity contribution in [2.45, 2.75) is 19.9 Å². The van der Waals surface area contributed by atoms with Gasteiger partial charge in [-0.2, -0.15) is 0 Å². The van der Waals surface area contributed by atoms with Crippen LogP contribution in [0.1, 0.15) is 13.8 Å². The van der Waals surface area contributed by atoms with Gasteiger partial charge in [-0.15, -0.1) is 0 Å². The van der Waals surface area contributed by atoms with Gasteiger partial charge in [0.05, 0.1) is 7.11 Å². The van der Waals surface area contributed by atoms with Gasteiger partial charge in [-0.1, -0.05) is 25.4 Å². The van der Waals surface area contributed by atoms with Crippen LogP contribution in [0, 0.1) is 5.92 Å². The number of alkyl halides is 1. The SMILES string of the molecule is COC(=O)NC(C(=O)OCCl)C(C)C. The fourth-order valence-corrected chi connectivity index (χ4v) is 0.935. The minimum atomic E-state index is -0.735. The standard InChI is InChI=1S/C8H14ClNO4/c1-5(2)6(7(11)14-4-9)10-8(12)13-3/h5-6H,4H2,1-3H3,(H,10,12).